The molecule has 1 aliphatic heterocycles. The van der Waals surface area contributed by atoms with Crippen LogP contribution in [0.4, 0.5) is 0 Å². The van der Waals surface area contributed by atoms with Crippen molar-refractivity contribution in [2.45, 2.75) is 6.42 Å². The Kier molecular flexibility index (Phi) is 2.82. The molecule has 0 atom stereocenters. The Morgan fingerprint density at radius 2 is 2.62 bits per heavy atom. The summed E-state index contributed by atoms with van der Waals surface area (Å²) in [5, 5.41) is 8.56. The van der Waals surface area contributed by atoms with E-state index in [-0.39, 0.29) is 0 Å². The third-order valence-corrected chi connectivity index (χ3v) is 2.85. The predicted molar refractivity (Wildman–Crippen MR) is 56.3 cm³/mol. The van der Waals surface area contributed by atoms with Gasteiger partial charge in [-0.15, -0.1) is 11.3 Å². The highest BCUT2D eigenvalue weighted by atomic mass is 32.1. The Balaban J connectivity index is 1.69. The van der Waals surface area contributed by atoms with Crippen molar-refractivity contribution in [2.24, 2.45) is 4.99 Å². The second-order valence-electron chi connectivity index (χ2n) is 2.91. The van der Waals surface area contributed by atoms with Crippen molar-refractivity contribution in [3.63, 3.8) is 0 Å². The fraction of sp³-hybridized carbons (Fsp3) is 0.444. The monoisotopic (exact) mass is 195 g/mol. The average Bonchev–Trinajstić information content (AvgIpc) is 2.75. The molecule has 1 aliphatic rings. The molecule has 1 aromatic rings. The lowest BCUT2D eigenvalue weighted by atomic mass is 10.3. The number of aliphatic imine (C=N–C) groups is 1. The fourth-order valence-electron chi connectivity index (χ4n) is 1.28. The molecule has 70 valence electrons. The van der Waals surface area contributed by atoms with Crippen molar-refractivity contribution in [1.82, 2.24) is 10.6 Å². The molecule has 0 unspecified atom stereocenters. The molecule has 0 bridgehead atoms. The van der Waals surface area contributed by atoms with Gasteiger partial charge in [-0.2, -0.15) is 0 Å². The lowest BCUT2D eigenvalue weighted by Gasteiger charge is -2.04. The molecule has 13 heavy (non-hydrogen) atoms. The Morgan fingerprint density at radius 3 is 3.31 bits per heavy atom. The Labute approximate surface area is 81.9 Å². The van der Waals surface area contributed by atoms with Crippen molar-refractivity contribution in [1.29, 1.82) is 0 Å². The molecule has 0 amide bonds. The summed E-state index contributed by atoms with van der Waals surface area (Å²) in [5.41, 5.74) is 0. The molecule has 0 saturated heterocycles. The van der Waals surface area contributed by atoms with Crippen LogP contribution in [-0.4, -0.2) is 25.6 Å². The molecule has 3 nitrogen and oxygen atoms in total. The maximum Gasteiger partial charge on any atom is 0.191 e. The van der Waals surface area contributed by atoms with E-state index in [2.05, 4.69) is 33.1 Å². The van der Waals surface area contributed by atoms with Gasteiger partial charge in [-0.25, -0.2) is 0 Å². The molecule has 0 aromatic carbocycles. The summed E-state index contributed by atoms with van der Waals surface area (Å²) in [6.45, 7) is 2.84. The van der Waals surface area contributed by atoms with Crippen LogP contribution in [0, 0.1) is 0 Å². The minimum Gasteiger partial charge on any atom is -0.356 e. The SMILES string of the molecule is c1csc(CCNC2=NCCN2)c1. The average molecular weight is 195 g/mol. The summed E-state index contributed by atoms with van der Waals surface area (Å²) in [7, 11) is 0. The number of rotatable bonds is 3. The molecule has 2 N–H and O–H groups in total. The van der Waals surface area contributed by atoms with Gasteiger partial charge in [0.25, 0.3) is 0 Å². The number of nitrogens with zero attached hydrogens (tertiary/aromatic N) is 1. The van der Waals surface area contributed by atoms with E-state index in [1.54, 1.807) is 11.3 Å². The lowest BCUT2D eigenvalue weighted by molar-refractivity contribution is 0.845. The first-order chi connectivity index (χ1) is 6.45. The second kappa shape index (κ2) is 4.28. The van der Waals surface area contributed by atoms with Gasteiger partial charge in [0.05, 0.1) is 6.54 Å². The molecule has 0 aliphatic carbocycles. The number of hydrogen-bond donors (Lipinski definition) is 2. The van der Waals surface area contributed by atoms with Crippen LogP contribution in [-0.2, 0) is 6.42 Å². The van der Waals surface area contributed by atoms with Crippen LogP contribution >= 0.6 is 11.3 Å². The lowest BCUT2D eigenvalue weighted by Crippen LogP contribution is -2.34. The third-order valence-electron chi connectivity index (χ3n) is 1.92. The zero-order valence-corrected chi connectivity index (χ0v) is 8.23. The summed E-state index contributed by atoms with van der Waals surface area (Å²) in [5.74, 6) is 0.955. The summed E-state index contributed by atoms with van der Waals surface area (Å²) in [6, 6.07) is 4.25. The Bertz CT molecular complexity index is 279. The van der Waals surface area contributed by atoms with Crippen molar-refractivity contribution in [2.75, 3.05) is 19.6 Å². The second-order valence-corrected chi connectivity index (χ2v) is 3.95. The van der Waals surface area contributed by atoms with E-state index in [9.17, 15) is 0 Å². The van der Waals surface area contributed by atoms with E-state index in [0.29, 0.717) is 0 Å². The Morgan fingerprint density at radius 1 is 1.62 bits per heavy atom. The van der Waals surface area contributed by atoms with Gasteiger partial charge >= 0.3 is 0 Å². The first-order valence-corrected chi connectivity index (χ1v) is 5.38. The molecule has 2 rings (SSSR count). The van der Waals surface area contributed by atoms with E-state index in [1.807, 2.05) is 0 Å². The van der Waals surface area contributed by atoms with Gasteiger partial charge in [-0.3, -0.25) is 4.99 Å². The van der Waals surface area contributed by atoms with Crippen LogP contribution in [0.15, 0.2) is 22.5 Å². The topological polar surface area (TPSA) is 36.4 Å². The Hall–Kier alpha value is -1.03. The minimum absolute atomic E-state index is 0.904. The molecular formula is C9H13N3S. The van der Waals surface area contributed by atoms with Crippen LogP contribution in [0.5, 0.6) is 0 Å². The number of thiophene rings is 1. The molecule has 2 heterocycles. The summed E-state index contributed by atoms with van der Waals surface area (Å²) in [4.78, 5) is 5.67. The molecule has 0 fully saturated rings. The zero-order valence-electron chi connectivity index (χ0n) is 7.42. The summed E-state index contributed by atoms with van der Waals surface area (Å²) >= 11 is 1.81. The standard InChI is InChI=1S/C9H13N3S/c1-2-8(13-7-1)3-4-10-9-11-5-6-12-9/h1-2,7H,3-6H2,(H2,10,11,12). The van der Waals surface area contributed by atoms with Crippen molar-refractivity contribution < 1.29 is 0 Å². The van der Waals surface area contributed by atoms with Crippen LogP contribution in [0.1, 0.15) is 4.88 Å². The smallest absolute Gasteiger partial charge is 0.191 e. The number of guanidine groups is 1. The van der Waals surface area contributed by atoms with Crippen LogP contribution in [0.25, 0.3) is 0 Å². The number of hydrogen-bond acceptors (Lipinski definition) is 4. The van der Waals surface area contributed by atoms with Crippen molar-refractivity contribution >= 4 is 17.3 Å². The van der Waals surface area contributed by atoms with E-state index in [0.717, 1.165) is 32.0 Å². The summed E-state index contributed by atoms with van der Waals surface area (Å²) in [6.07, 6.45) is 1.08. The predicted octanol–water partition coefficient (Wildman–Crippen LogP) is 0.839. The maximum absolute atomic E-state index is 4.25. The van der Waals surface area contributed by atoms with Crippen LogP contribution in [0.2, 0.25) is 0 Å². The van der Waals surface area contributed by atoms with Gasteiger partial charge in [0.2, 0.25) is 0 Å². The molecule has 1 aromatic heterocycles. The molecular weight excluding hydrogens is 182 g/mol. The fourth-order valence-corrected chi connectivity index (χ4v) is 1.98. The van der Waals surface area contributed by atoms with Gasteiger partial charge in [0.1, 0.15) is 0 Å². The van der Waals surface area contributed by atoms with E-state index in [4.69, 9.17) is 0 Å². The van der Waals surface area contributed by atoms with Gasteiger partial charge in [-0.1, -0.05) is 6.07 Å². The van der Waals surface area contributed by atoms with Gasteiger partial charge in [0.15, 0.2) is 5.96 Å². The van der Waals surface area contributed by atoms with E-state index in [1.165, 1.54) is 4.88 Å². The normalized spacial score (nSPS) is 15.2. The van der Waals surface area contributed by atoms with Crippen molar-refractivity contribution in [3.8, 4) is 0 Å². The summed E-state index contributed by atoms with van der Waals surface area (Å²) < 4.78 is 0. The molecule has 4 heteroatoms. The van der Waals surface area contributed by atoms with E-state index < -0.39 is 0 Å². The minimum atomic E-state index is 0.904. The van der Waals surface area contributed by atoms with Crippen LogP contribution in [0.3, 0.4) is 0 Å². The highest BCUT2D eigenvalue weighted by Crippen LogP contribution is 2.07. The molecule has 0 radical (unpaired) electrons. The highest BCUT2D eigenvalue weighted by molar-refractivity contribution is 7.09. The van der Waals surface area contributed by atoms with Gasteiger partial charge < -0.3 is 10.6 Å². The quantitative estimate of drug-likeness (QED) is 0.750. The zero-order chi connectivity index (χ0) is 8.93. The first kappa shape index (κ1) is 8.56. The largest absolute Gasteiger partial charge is 0.356 e. The third kappa shape index (κ3) is 2.45. The molecule has 0 saturated carbocycles. The van der Waals surface area contributed by atoms with Gasteiger partial charge in [-0.05, 0) is 17.9 Å². The highest BCUT2D eigenvalue weighted by Gasteiger charge is 2.02. The van der Waals surface area contributed by atoms with Crippen LogP contribution < -0.4 is 10.6 Å². The first-order valence-electron chi connectivity index (χ1n) is 4.50. The molecule has 0 spiro atoms. The number of nitrogens with one attached hydrogen (secondary N) is 2. The van der Waals surface area contributed by atoms with Crippen molar-refractivity contribution in [3.05, 3.63) is 22.4 Å². The van der Waals surface area contributed by atoms with E-state index >= 15 is 0 Å². The van der Waals surface area contributed by atoms with Gasteiger partial charge in [0, 0.05) is 18.0 Å². The maximum atomic E-state index is 4.25.